The van der Waals surface area contributed by atoms with Crippen molar-refractivity contribution in [1.82, 2.24) is 8.96 Å². The molecule has 0 radical (unpaired) electrons. The van der Waals surface area contributed by atoms with Gasteiger partial charge in [-0.3, -0.25) is 8.77 Å². The predicted molar refractivity (Wildman–Crippen MR) is 93.7 cm³/mol. The lowest BCUT2D eigenvalue weighted by molar-refractivity contribution is 0.102. The van der Waals surface area contributed by atoms with E-state index in [9.17, 15) is 13.2 Å². The van der Waals surface area contributed by atoms with Crippen molar-refractivity contribution < 1.29 is 13.2 Å². The Morgan fingerprint density at radius 1 is 1.33 bits per heavy atom. The number of anilines is 1. The Morgan fingerprint density at radius 2 is 2.17 bits per heavy atom. The molecule has 0 aliphatic carbocycles. The first-order valence-corrected chi connectivity index (χ1v) is 9.60. The van der Waals surface area contributed by atoms with Gasteiger partial charge in [-0.1, -0.05) is 29.8 Å². The van der Waals surface area contributed by atoms with Crippen LogP contribution in [0.2, 0.25) is 0 Å². The van der Waals surface area contributed by atoms with Crippen LogP contribution in [-0.2, 0) is 15.8 Å². The first kappa shape index (κ1) is 16.4. The molecule has 6 nitrogen and oxygen atoms in total. The van der Waals surface area contributed by atoms with Crippen molar-refractivity contribution in [1.29, 1.82) is 0 Å². The quantitative estimate of drug-likeness (QED) is 0.758. The summed E-state index contributed by atoms with van der Waals surface area (Å²) in [4.78, 5) is 15.9. The standard InChI is InChI=1S/C16H15N3O3S2/c1-12-3-2-4-13(9-12)11-24(21,22)19-7-5-14(10-19)18-15(20)16-17-6-8-23-16/h2-10H,11H2,1H3,(H,18,20). The topological polar surface area (TPSA) is 81.1 Å². The summed E-state index contributed by atoms with van der Waals surface area (Å²) in [7, 11) is -3.55. The van der Waals surface area contributed by atoms with Crippen LogP contribution in [0.4, 0.5) is 5.69 Å². The number of nitrogens with zero attached hydrogens (tertiary/aromatic N) is 2. The molecule has 124 valence electrons. The van der Waals surface area contributed by atoms with E-state index in [4.69, 9.17) is 0 Å². The van der Waals surface area contributed by atoms with Crippen molar-refractivity contribution in [3.63, 3.8) is 0 Å². The fourth-order valence-electron chi connectivity index (χ4n) is 2.23. The minimum Gasteiger partial charge on any atom is -0.319 e. The van der Waals surface area contributed by atoms with Crippen LogP contribution in [0.15, 0.2) is 54.3 Å². The molecule has 2 aromatic heterocycles. The molecule has 2 heterocycles. The van der Waals surface area contributed by atoms with Crippen molar-refractivity contribution in [3.05, 3.63) is 70.4 Å². The van der Waals surface area contributed by atoms with Crippen LogP contribution >= 0.6 is 11.3 Å². The highest BCUT2D eigenvalue weighted by Gasteiger charge is 2.16. The molecule has 0 saturated carbocycles. The maximum atomic E-state index is 12.5. The molecule has 1 amide bonds. The van der Waals surface area contributed by atoms with Crippen LogP contribution in [-0.4, -0.2) is 23.3 Å². The molecule has 0 spiro atoms. The smallest absolute Gasteiger partial charge is 0.284 e. The van der Waals surface area contributed by atoms with E-state index < -0.39 is 10.0 Å². The molecule has 1 aromatic carbocycles. The molecule has 0 bridgehead atoms. The summed E-state index contributed by atoms with van der Waals surface area (Å²) in [6, 6.07) is 8.90. The van der Waals surface area contributed by atoms with Crippen molar-refractivity contribution >= 4 is 33.0 Å². The van der Waals surface area contributed by atoms with E-state index in [1.165, 1.54) is 29.9 Å². The van der Waals surface area contributed by atoms with Crippen LogP contribution < -0.4 is 5.32 Å². The molecule has 8 heteroatoms. The lowest BCUT2D eigenvalue weighted by Crippen LogP contribution is -2.14. The van der Waals surface area contributed by atoms with E-state index in [0.717, 1.165) is 15.1 Å². The van der Waals surface area contributed by atoms with Gasteiger partial charge >= 0.3 is 0 Å². The number of hydrogen-bond donors (Lipinski definition) is 1. The number of aromatic nitrogens is 2. The summed E-state index contributed by atoms with van der Waals surface area (Å²) in [5.41, 5.74) is 2.13. The second-order valence-electron chi connectivity index (χ2n) is 5.27. The average molecular weight is 361 g/mol. The van der Waals surface area contributed by atoms with Gasteiger partial charge < -0.3 is 5.32 Å². The fraction of sp³-hybridized carbons (Fsp3) is 0.125. The van der Waals surface area contributed by atoms with Crippen molar-refractivity contribution in [2.24, 2.45) is 0 Å². The normalized spacial score (nSPS) is 11.4. The predicted octanol–water partition coefficient (Wildman–Crippen LogP) is 2.88. The second-order valence-corrected chi connectivity index (χ2v) is 8.04. The molecule has 0 fully saturated rings. The van der Waals surface area contributed by atoms with Gasteiger partial charge in [0, 0.05) is 24.0 Å². The zero-order chi connectivity index (χ0) is 17.2. The molecule has 0 aliphatic rings. The lowest BCUT2D eigenvalue weighted by Gasteiger charge is -2.06. The molecular formula is C16H15N3O3S2. The summed E-state index contributed by atoms with van der Waals surface area (Å²) in [5.74, 6) is -0.470. The van der Waals surface area contributed by atoms with E-state index in [-0.39, 0.29) is 11.7 Å². The maximum Gasteiger partial charge on any atom is 0.284 e. The van der Waals surface area contributed by atoms with E-state index in [1.807, 2.05) is 25.1 Å². The van der Waals surface area contributed by atoms with Gasteiger partial charge in [0.05, 0.1) is 11.4 Å². The minimum absolute atomic E-state index is 0.108. The number of carbonyl (C=O) groups is 1. The summed E-state index contributed by atoms with van der Waals surface area (Å²) >= 11 is 1.22. The zero-order valence-corrected chi connectivity index (χ0v) is 14.5. The SMILES string of the molecule is Cc1cccc(CS(=O)(=O)n2ccc(NC(=O)c3nccs3)c2)c1. The maximum absolute atomic E-state index is 12.5. The number of aryl methyl sites for hydroxylation is 1. The lowest BCUT2D eigenvalue weighted by atomic mass is 10.2. The third-order valence-electron chi connectivity index (χ3n) is 3.30. The number of hydrogen-bond acceptors (Lipinski definition) is 5. The van der Waals surface area contributed by atoms with Crippen LogP contribution in [0, 0.1) is 6.92 Å². The second kappa shape index (κ2) is 6.58. The molecule has 0 unspecified atom stereocenters. The third-order valence-corrected chi connectivity index (χ3v) is 5.64. The van der Waals surface area contributed by atoms with Crippen molar-refractivity contribution in [3.8, 4) is 0 Å². The van der Waals surface area contributed by atoms with Crippen LogP contribution in [0.25, 0.3) is 0 Å². The van der Waals surface area contributed by atoms with Crippen molar-refractivity contribution in [2.75, 3.05) is 5.32 Å². The highest BCUT2D eigenvalue weighted by Crippen LogP contribution is 2.16. The van der Waals surface area contributed by atoms with Gasteiger partial charge in [0.15, 0.2) is 5.01 Å². The number of rotatable bonds is 5. The summed E-state index contributed by atoms with van der Waals surface area (Å²) in [6.45, 7) is 1.91. The summed E-state index contributed by atoms with van der Waals surface area (Å²) in [5, 5.41) is 4.66. The van der Waals surface area contributed by atoms with Crippen LogP contribution in [0.5, 0.6) is 0 Å². The highest BCUT2D eigenvalue weighted by atomic mass is 32.2. The minimum atomic E-state index is -3.55. The Bertz CT molecular complexity index is 960. The molecule has 3 aromatic rings. The van der Waals surface area contributed by atoms with Crippen LogP contribution in [0.3, 0.4) is 0 Å². The van der Waals surface area contributed by atoms with E-state index in [1.54, 1.807) is 17.5 Å². The van der Waals surface area contributed by atoms with Gasteiger partial charge in [-0.05, 0) is 18.6 Å². The van der Waals surface area contributed by atoms with Gasteiger partial charge in [0.2, 0.25) is 10.0 Å². The zero-order valence-electron chi connectivity index (χ0n) is 12.8. The average Bonchev–Trinajstić information content (AvgIpc) is 3.18. The van der Waals surface area contributed by atoms with E-state index in [0.29, 0.717) is 10.7 Å². The Labute approximate surface area is 143 Å². The molecule has 24 heavy (non-hydrogen) atoms. The van der Waals surface area contributed by atoms with E-state index in [2.05, 4.69) is 10.3 Å². The summed E-state index contributed by atoms with van der Waals surface area (Å²) in [6.07, 6.45) is 4.34. The number of amides is 1. The monoisotopic (exact) mass is 361 g/mol. The van der Waals surface area contributed by atoms with Gasteiger partial charge in [0.25, 0.3) is 5.91 Å². The molecule has 1 N–H and O–H groups in total. The number of thiazole rings is 1. The first-order valence-electron chi connectivity index (χ1n) is 7.12. The largest absolute Gasteiger partial charge is 0.319 e. The van der Waals surface area contributed by atoms with Gasteiger partial charge in [-0.25, -0.2) is 13.4 Å². The fourth-order valence-corrected chi connectivity index (χ4v) is 4.03. The third kappa shape index (κ3) is 3.72. The Hall–Kier alpha value is -2.45. The molecular weight excluding hydrogens is 346 g/mol. The first-order chi connectivity index (χ1) is 11.4. The van der Waals surface area contributed by atoms with Gasteiger partial charge in [-0.15, -0.1) is 11.3 Å². The number of nitrogens with one attached hydrogen (secondary N) is 1. The molecule has 3 rings (SSSR count). The molecule has 0 atom stereocenters. The van der Waals surface area contributed by atoms with Crippen molar-refractivity contribution in [2.45, 2.75) is 12.7 Å². The number of carbonyl (C=O) groups excluding carboxylic acids is 1. The Kier molecular flexibility index (Phi) is 4.50. The molecule has 0 saturated heterocycles. The Balaban J connectivity index is 1.75. The number of benzene rings is 1. The van der Waals surface area contributed by atoms with Crippen LogP contribution in [0.1, 0.15) is 20.9 Å². The van der Waals surface area contributed by atoms with Gasteiger partial charge in [-0.2, -0.15) is 0 Å². The molecule has 0 aliphatic heterocycles. The van der Waals surface area contributed by atoms with E-state index >= 15 is 0 Å². The Morgan fingerprint density at radius 3 is 2.88 bits per heavy atom. The summed E-state index contributed by atoms with van der Waals surface area (Å²) < 4.78 is 26.1. The highest BCUT2D eigenvalue weighted by molar-refractivity contribution is 7.89. The van der Waals surface area contributed by atoms with Gasteiger partial charge in [0.1, 0.15) is 0 Å².